The van der Waals surface area contributed by atoms with Crippen molar-refractivity contribution in [1.29, 1.82) is 0 Å². The summed E-state index contributed by atoms with van der Waals surface area (Å²) < 4.78 is 5.17. The van der Waals surface area contributed by atoms with Gasteiger partial charge >= 0.3 is 0 Å². The lowest BCUT2D eigenvalue weighted by molar-refractivity contribution is 0.393. The fourth-order valence-corrected chi connectivity index (χ4v) is 1.98. The largest absolute Gasteiger partial charge is 0.481 e. The van der Waals surface area contributed by atoms with Crippen molar-refractivity contribution in [2.45, 2.75) is 25.8 Å². The molecular weight excluding hydrogens is 252 g/mol. The van der Waals surface area contributed by atoms with E-state index in [9.17, 15) is 0 Å². The van der Waals surface area contributed by atoms with Gasteiger partial charge < -0.3 is 10.1 Å². The summed E-state index contributed by atoms with van der Waals surface area (Å²) in [5.74, 6) is 0.583. The van der Waals surface area contributed by atoms with E-state index in [-0.39, 0.29) is 6.04 Å². The highest BCUT2D eigenvalue weighted by molar-refractivity contribution is 5.18. The molecule has 0 radical (unpaired) electrons. The molecule has 2 heterocycles. The third kappa shape index (κ3) is 3.99. The highest BCUT2D eigenvalue weighted by atomic mass is 16.5. The summed E-state index contributed by atoms with van der Waals surface area (Å²) in [6, 6.07) is 7.93. The Kier molecular flexibility index (Phi) is 5.43. The summed E-state index contributed by atoms with van der Waals surface area (Å²) in [6.45, 7) is 3.08. The van der Waals surface area contributed by atoms with Crippen LogP contribution in [0, 0.1) is 0 Å². The number of pyridine rings is 1. The molecule has 2 aromatic heterocycles. The van der Waals surface area contributed by atoms with E-state index in [0.717, 1.165) is 30.8 Å². The Bertz CT molecular complexity index is 518. The normalized spacial score (nSPS) is 12.1. The minimum Gasteiger partial charge on any atom is -0.481 e. The number of nitrogens with zero attached hydrogens (tertiary/aromatic N) is 3. The fourth-order valence-electron chi connectivity index (χ4n) is 1.98. The summed E-state index contributed by atoms with van der Waals surface area (Å²) in [5.41, 5.74) is 1.97. The molecule has 0 bridgehead atoms. The van der Waals surface area contributed by atoms with Gasteiger partial charge in [-0.3, -0.25) is 4.98 Å². The van der Waals surface area contributed by atoms with Gasteiger partial charge in [0.2, 0.25) is 5.88 Å². The molecule has 0 saturated carbocycles. The molecule has 0 fully saturated rings. The quantitative estimate of drug-likeness (QED) is 0.837. The van der Waals surface area contributed by atoms with Crippen molar-refractivity contribution < 1.29 is 4.74 Å². The lowest BCUT2D eigenvalue weighted by Crippen LogP contribution is -2.25. The molecule has 1 atom stereocenters. The number of hydrogen-bond acceptors (Lipinski definition) is 5. The molecule has 2 rings (SSSR count). The Hall–Kier alpha value is -2.01. The lowest BCUT2D eigenvalue weighted by Gasteiger charge is -2.18. The molecule has 1 unspecified atom stereocenters. The van der Waals surface area contributed by atoms with Crippen LogP contribution in [0.5, 0.6) is 5.88 Å². The molecule has 106 valence electrons. The van der Waals surface area contributed by atoms with Crippen LogP contribution >= 0.6 is 0 Å². The van der Waals surface area contributed by atoms with E-state index >= 15 is 0 Å². The Balaban J connectivity index is 2.17. The van der Waals surface area contributed by atoms with E-state index < -0.39 is 0 Å². The van der Waals surface area contributed by atoms with Crippen molar-refractivity contribution in [3.05, 3.63) is 48.2 Å². The molecule has 0 aliphatic rings. The molecule has 0 aliphatic carbocycles. The van der Waals surface area contributed by atoms with Crippen LogP contribution in [0.3, 0.4) is 0 Å². The molecule has 5 nitrogen and oxygen atoms in total. The first-order valence-electron chi connectivity index (χ1n) is 6.82. The van der Waals surface area contributed by atoms with Crippen molar-refractivity contribution in [1.82, 2.24) is 20.3 Å². The van der Waals surface area contributed by atoms with Gasteiger partial charge in [0.25, 0.3) is 0 Å². The molecule has 0 saturated heterocycles. The topological polar surface area (TPSA) is 59.9 Å². The van der Waals surface area contributed by atoms with Gasteiger partial charge in [-0.15, -0.1) is 0 Å². The maximum absolute atomic E-state index is 5.17. The highest BCUT2D eigenvalue weighted by Gasteiger charge is 2.14. The molecule has 1 N–H and O–H groups in total. The van der Waals surface area contributed by atoms with E-state index in [0.29, 0.717) is 5.88 Å². The number of methoxy groups -OCH3 is 1. The van der Waals surface area contributed by atoms with Crippen molar-refractivity contribution in [3.8, 4) is 5.88 Å². The van der Waals surface area contributed by atoms with Crippen molar-refractivity contribution >= 4 is 0 Å². The van der Waals surface area contributed by atoms with Crippen molar-refractivity contribution in [2.24, 2.45) is 0 Å². The summed E-state index contributed by atoms with van der Waals surface area (Å²) in [7, 11) is 1.61. The number of rotatable bonds is 7. The molecule has 0 spiro atoms. The molecule has 20 heavy (non-hydrogen) atoms. The van der Waals surface area contributed by atoms with Gasteiger partial charge in [0.15, 0.2) is 0 Å². The van der Waals surface area contributed by atoms with Crippen molar-refractivity contribution in [2.75, 3.05) is 13.7 Å². The average Bonchev–Trinajstić information content (AvgIpc) is 2.52. The third-order valence-electron chi connectivity index (χ3n) is 3.01. The predicted molar refractivity (Wildman–Crippen MR) is 77.6 cm³/mol. The van der Waals surface area contributed by atoms with Crippen LogP contribution in [0.15, 0.2) is 36.8 Å². The second-order valence-electron chi connectivity index (χ2n) is 4.52. The Labute approximate surface area is 119 Å². The summed E-state index contributed by atoms with van der Waals surface area (Å²) in [6.07, 6.45) is 5.21. The van der Waals surface area contributed by atoms with Gasteiger partial charge in [-0.2, -0.15) is 0 Å². The summed E-state index contributed by atoms with van der Waals surface area (Å²) in [5, 5.41) is 3.50. The maximum Gasteiger partial charge on any atom is 0.216 e. The van der Waals surface area contributed by atoms with Crippen LogP contribution in [0.1, 0.15) is 30.8 Å². The molecule has 5 heteroatoms. The van der Waals surface area contributed by atoms with Crippen LogP contribution in [0.4, 0.5) is 0 Å². The van der Waals surface area contributed by atoms with Crippen LogP contribution in [-0.4, -0.2) is 28.6 Å². The van der Waals surface area contributed by atoms with Gasteiger partial charge in [0, 0.05) is 24.4 Å². The SMILES string of the molecule is CCCNC(Cc1ccccn1)c1cc(OC)ncn1. The standard InChI is InChI=1S/C15H20N4O/c1-3-7-17-13(9-12-6-4-5-8-16-12)14-10-15(20-2)19-11-18-14/h4-6,8,10-11,13,17H,3,7,9H2,1-2H3. The van der Waals surface area contributed by atoms with Gasteiger partial charge in [-0.25, -0.2) is 9.97 Å². The minimum atomic E-state index is 0.113. The molecule has 0 amide bonds. The monoisotopic (exact) mass is 272 g/mol. The van der Waals surface area contributed by atoms with Gasteiger partial charge in [-0.05, 0) is 25.1 Å². The third-order valence-corrected chi connectivity index (χ3v) is 3.01. The number of aromatic nitrogens is 3. The van der Waals surface area contributed by atoms with Crippen LogP contribution in [-0.2, 0) is 6.42 Å². The first-order chi connectivity index (χ1) is 9.83. The molecule has 0 aromatic carbocycles. The number of ether oxygens (including phenoxy) is 1. The highest BCUT2D eigenvalue weighted by Crippen LogP contribution is 2.18. The van der Waals surface area contributed by atoms with Crippen LogP contribution in [0.25, 0.3) is 0 Å². The van der Waals surface area contributed by atoms with E-state index in [2.05, 4.69) is 27.2 Å². The number of hydrogen-bond donors (Lipinski definition) is 1. The Morgan fingerprint density at radius 1 is 1.25 bits per heavy atom. The summed E-state index contributed by atoms with van der Waals surface area (Å²) >= 11 is 0. The second-order valence-corrected chi connectivity index (χ2v) is 4.52. The molecule has 2 aromatic rings. The first kappa shape index (κ1) is 14.4. The van der Waals surface area contributed by atoms with E-state index in [4.69, 9.17) is 4.74 Å². The van der Waals surface area contributed by atoms with E-state index in [1.54, 1.807) is 7.11 Å². The lowest BCUT2D eigenvalue weighted by atomic mass is 10.1. The fraction of sp³-hybridized carbons (Fsp3) is 0.400. The number of nitrogens with one attached hydrogen (secondary N) is 1. The van der Waals surface area contributed by atoms with Gasteiger partial charge in [0.1, 0.15) is 6.33 Å². The zero-order chi connectivity index (χ0) is 14.2. The van der Waals surface area contributed by atoms with Crippen LogP contribution in [0.2, 0.25) is 0 Å². The first-order valence-corrected chi connectivity index (χ1v) is 6.82. The maximum atomic E-state index is 5.17. The predicted octanol–water partition coefficient (Wildman–Crippen LogP) is 2.16. The minimum absolute atomic E-state index is 0.113. The van der Waals surface area contributed by atoms with Gasteiger partial charge in [0.05, 0.1) is 18.8 Å². The van der Waals surface area contributed by atoms with Gasteiger partial charge in [-0.1, -0.05) is 13.0 Å². The summed E-state index contributed by atoms with van der Waals surface area (Å²) in [4.78, 5) is 12.8. The average molecular weight is 272 g/mol. The molecule has 0 aliphatic heterocycles. The molecular formula is C15H20N4O. The zero-order valence-corrected chi connectivity index (χ0v) is 11.9. The van der Waals surface area contributed by atoms with Crippen molar-refractivity contribution in [3.63, 3.8) is 0 Å². The van der Waals surface area contributed by atoms with E-state index in [1.807, 2.05) is 30.5 Å². The zero-order valence-electron chi connectivity index (χ0n) is 11.9. The smallest absolute Gasteiger partial charge is 0.216 e. The second kappa shape index (κ2) is 7.55. The Morgan fingerprint density at radius 3 is 2.85 bits per heavy atom. The Morgan fingerprint density at radius 2 is 2.15 bits per heavy atom. The van der Waals surface area contributed by atoms with Crippen LogP contribution < -0.4 is 10.1 Å². The van der Waals surface area contributed by atoms with E-state index in [1.165, 1.54) is 6.33 Å².